The molecular formula is C10H7ClFN3. The minimum atomic E-state index is -0.455. The van der Waals surface area contributed by atoms with Gasteiger partial charge in [0.1, 0.15) is 11.6 Å². The van der Waals surface area contributed by atoms with Crippen LogP contribution in [0.4, 0.5) is 10.2 Å². The topological polar surface area (TPSA) is 51.8 Å². The van der Waals surface area contributed by atoms with Crippen molar-refractivity contribution in [3.8, 4) is 11.3 Å². The van der Waals surface area contributed by atoms with Gasteiger partial charge >= 0.3 is 0 Å². The highest BCUT2D eigenvalue weighted by Crippen LogP contribution is 2.22. The molecule has 2 N–H and O–H groups in total. The molecular weight excluding hydrogens is 217 g/mol. The largest absolute Gasteiger partial charge is 0.382 e. The van der Waals surface area contributed by atoms with Crippen molar-refractivity contribution in [1.82, 2.24) is 9.97 Å². The number of nitrogens with two attached hydrogens (primary N) is 1. The van der Waals surface area contributed by atoms with E-state index in [2.05, 4.69) is 9.97 Å². The van der Waals surface area contributed by atoms with E-state index in [1.165, 1.54) is 24.5 Å². The van der Waals surface area contributed by atoms with Crippen LogP contribution < -0.4 is 5.73 Å². The predicted octanol–water partition coefficient (Wildman–Crippen LogP) is 2.52. The van der Waals surface area contributed by atoms with Crippen LogP contribution in [0.3, 0.4) is 0 Å². The lowest BCUT2D eigenvalue weighted by Gasteiger charge is -2.01. The van der Waals surface area contributed by atoms with E-state index in [4.69, 9.17) is 17.3 Å². The number of nitrogen functional groups attached to an aromatic ring is 1. The maximum atomic E-state index is 12.9. The van der Waals surface area contributed by atoms with E-state index in [0.29, 0.717) is 17.1 Å². The van der Waals surface area contributed by atoms with Crippen molar-refractivity contribution in [2.24, 2.45) is 0 Å². The Morgan fingerprint density at radius 3 is 2.60 bits per heavy atom. The predicted molar refractivity (Wildman–Crippen MR) is 56.8 cm³/mol. The fraction of sp³-hybridized carbons (Fsp3) is 0. The van der Waals surface area contributed by atoms with Gasteiger partial charge < -0.3 is 5.73 Å². The molecule has 0 amide bonds. The number of rotatable bonds is 1. The van der Waals surface area contributed by atoms with E-state index >= 15 is 0 Å². The molecule has 0 atom stereocenters. The second-order valence-electron chi connectivity index (χ2n) is 2.96. The lowest BCUT2D eigenvalue weighted by molar-refractivity contribution is 0.628. The Morgan fingerprint density at radius 2 is 2.00 bits per heavy atom. The molecule has 0 aliphatic rings. The Bertz CT molecular complexity index is 485. The third kappa shape index (κ3) is 2.05. The van der Waals surface area contributed by atoms with Crippen LogP contribution in [0.1, 0.15) is 0 Å². The van der Waals surface area contributed by atoms with Crippen LogP contribution in [-0.2, 0) is 0 Å². The summed E-state index contributed by atoms with van der Waals surface area (Å²) in [6.45, 7) is 0. The van der Waals surface area contributed by atoms with Crippen LogP contribution in [0.25, 0.3) is 11.3 Å². The minimum Gasteiger partial charge on any atom is -0.382 e. The monoisotopic (exact) mass is 223 g/mol. The van der Waals surface area contributed by atoms with E-state index in [-0.39, 0.29) is 5.02 Å². The maximum absolute atomic E-state index is 12.9. The second-order valence-corrected chi connectivity index (χ2v) is 3.36. The molecule has 0 saturated carbocycles. The third-order valence-electron chi connectivity index (χ3n) is 1.89. The van der Waals surface area contributed by atoms with Crippen LogP contribution in [-0.4, -0.2) is 9.97 Å². The Kier molecular flexibility index (Phi) is 2.51. The van der Waals surface area contributed by atoms with Gasteiger partial charge in [-0.2, -0.15) is 0 Å². The summed E-state index contributed by atoms with van der Waals surface area (Å²) < 4.78 is 12.9. The highest BCUT2D eigenvalue weighted by atomic mass is 35.5. The van der Waals surface area contributed by atoms with Gasteiger partial charge in [0, 0.05) is 5.56 Å². The van der Waals surface area contributed by atoms with Gasteiger partial charge in [0.05, 0.1) is 23.1 Å². The van der Waals surface area contributed by atoms with Gasteiger partial charge in [0.15, 0.2) is 0 Å². The van der Waals surface area contributed by atoms with Crippen molar-refractivity contribution in [3.63, 3.8) is 0 Å². The van der Waals surface area contributed by atoms with Crippen LogP contribution in [0.15, 0.2) is 30.6 Å². The summed E-state index contributed by atoms with van der Waals surface area (Å²) in [5, 5.41) is 0.0612. The maximum Gasteiger partial charge on any atom is 0.141 e. The first-order valence-corrected chi connectivity index (χ1v) is 4.57. The summed E-state index contributed by atoms with van der Waals surface area (Å²) in [4.78, 5) is 7.94. The molecule has 15 heavy (non-hydrogen) atoms. The quantitative estimate of drug-likeness (QED) is 0.808. The summed E-state index contributed by atoms with van der Waals surface area (Å²) >= 11 is 5.65. The van der Waals surface area contributed by atoms with Crippen molar-refractivity contribution in [1.29, 1.82) is 0 Å². The lowest BCUT2D eigenvalue weighted by Crippen LogP contribution is -1.92. The molecule has 0 unspecified atom stereocenters. The summed E-state index contributed by atoms with van der Waals surface area (Å²) in [5.41, 5.74) is 6.70. The first-order chi connectivity index (χ1) is 7.16. The number of benzene rings is 1. The Morgan fingerprint density at radius 1 is 1.20 bits per heavy atom. The smallest absolute Gasteiger partial charge is 0.141 e. The van der Waals surface area contributed by atoms with Crippen LogP contribution in [0, 0.1) is 5.82 Å². The Balaban J connectivity index is 2.45. The summed E-state index contributed by atoms with van der Waals surface area (Å²) in [5.74, 6) is -0.115. The number of aromatic nitrogens is 2. The van der Waals surface area contributed by atoms with Crippen molar-refractivity contribution in [2.75, 3.05) is 5.73 Å². The number of nitrogens with zero attached hydrogens (tertiary/aromatic N) is 2. The average molecular weight is 224 g/mol. The van der Waals surface area contributed by atoms with Gasteiger partial charge in [-0.05, 0) is 18.2 Å². The van der Waals surface area contributed by atoms with Crippen molar-refractivity contribution in [2.45, 2.75) is 0 Å². The molecule has 3 nitrogen and oxygen atoms in total. The van der Waals surface area contributed by atoms with Crippen LogP contribution >= 0.6 is 11.6 Å². The highest BCUT2D eigenvalue weighted by molar-refractivity contribution is 6.31. The Hall–Kier alpha value is -1.68. The summed E-state index contributed by atoms with van der Waals surface area (Å²) in [7, 11) is 0. The zero-order chi connectivity index (χ0) is 10.8. The molecule has 0 aliphatic carbocycles. The minimum absolute atomic E-state index is 0.0612. The first kappa shape index (κ1) is 9.86. The average Bonchev–Trinajstić information content (AvgIpc) is 2.23. The fourth-order valence-electron chi connectivity index (χ4n) is 1.14. The fourth-order valence-corrected chi connectivity index (χ4v) is 1.32. The van der Waals surface area contributed by atoms with Crippen molar-refractivity contribution in [3.05, 3.63) is 41.4 Å². The molecule has 0 saturated heterocycles. The molecule has 1 aromatic heterocycles. The summed E-state index contributed by atoms with van der Waals surface area (Å²) in [6, 6.07) is 4.37. The van der Waals surface area contributed by atoms with Crippen LogP contribution in [0.2, 0.25) is 5.02 Å². The van der Waals surface area contributed by atoms with E-state index in [1.807, 2.05) is 0 Å². The van der Waals surface area contributed by atoms with Gasteiger partial charge in [-0.15, -0.1) is 0 Å². The number of anilines is 1. The molecule has 1 heterocycles. The molecule has 0 spiro atoms. The molecule has 1 aromatic carbocycles. The Labute approximate surface area is 90.7 Å². The van der Waals surface area contributed by atoms with Crippen molar-refractivity contribution < 1.29 is 4.39 Å². The van der Waals surface area contributed by atoms with E-state index < -0.39 is 5.82 Å². The zero-order valence-electron chi connectivity index (χ0n) is 7.61. The van der Waals surface area contributed by atoms with E-state index in [9.17, 15) is 4.39 Å². The molecule has 0 aliphatic heterocycles. The van der Waals surface area contributed by atoms with E-state index in [1.54, 1.807) is 6.07 Å². The first-order valence-electron chi connectivity index (χ1n) is 4.20. The SMILES string of the molecule is Nc1cnc(-c2ccc(F)c(Cl)c2)cn1. The van der Waals surface area contributed by atoms with Crippen LogP contribution in [0.5, 0.6) is 0 Å². The third-order valence-corrected chi connectivity index (χ3v) is 2.18. The normalized spacial score (nSPS) is 10.3. The molecule has 0 bridgehead atoms. The number of hydrogen-bond acceptors (Lipinski definition) is 3. The van der Waals surface area contributed by atoms with E-state index in [0.717, 1.165) is 0 Å². The molecule has 76 valence electrons. The molecule has 0 radical (unpaired) electrons. The van der Waals surface area contributed by atoms with Gasteiger partial charge in [-0.3, -0.25) is 4.98 Å². The van der Waals surface area contributed by atoms with Gasteiger partial charge in [0.2, 0.25) is 0 Å². The molecule has 5 heteroatoms. The number of hydrogen-bond donors (Lipinski definition) is 1. The standard InChI is InChI=1S/C10H7ClFN3/c11-7-3-6(1-2-8(7)12)9-4-15-10(13)5-14-9/h1-5H,(H2,13,15). The van der Waals surface area contributed by atoms with Crippen molar-refractivity contribution >= 4 is 17.4 Å². The van der Waals surface area contributed by atoms with Gasteiger partial charge in [0.25, 0.3) is 0 Å². The molecule has 2 rings (SSSR count). The van der Waals surface area contributed by atoms with Gasteiger partial charge in [-0.25, -0.2) is 9.37 Å². The highest BCUT2D eigenvalue weighted by Gasteiger charge is 2.04. The molecule has 2 aromatic rings. The number of halogens is 2. The van der Waals surface area contributed by atoms with Gasteiger partial charge in [-0.1, -0.05) is 11.6 Å². The molecule has 0 fully saturated rings. The zero-order valence-corrected chi connectivity index (χ0v) is 8.37. The second kappa shape index (κ2) is 3.82. The summed E-state index contributed by atoms with van der Waals surface area (Å²) in [6.07, 6.45) is 2.95. The lowest BCUT2D eigenvalue weighted by atomic mass is 10.1.